The minimum Gasteiger partial charge on any atom is -0.496 e. The van der Waals surface area contributed by atoms with E-state index in [1.807, 2.05) is 19.1 Å². The Kier molecular flexibility index (Phi) is 4.40. The quantitative estimate of drug-likeness (QED) is 0.789. The van der Waals surface area contributed by atoms with Crippen LogP contribution in [0.15, 0.2) is 36.4 Å². The Labute approximate surface area is 122 Å². The van der Waals surface area contributed by atoms with Crippen molar-refractivity contribution in [2.45, 2.75) is 13.3 Å². The lowest BCUT2D eigenvalue weighted by Crippen LogP contribution is -2.07. The molecule has 4 heteroatoms. The molecule has 0 amide bonds. The van der Waals surface area contributed by atoms with E-state index in [9.17, 15) is 9.18 Å². The lowest BCUT2D eigenvalue weighted by atomic mass is 10.0. The van der Waals surface area contributed by atoms with E-state index in [1.165, 1.54) is 18.2 Å². The Hall–Kier alpha value is -1.87. The Balaban J connectivity index is 2.32. The number of carbonyl (C=O) groups excluding carboxylic acids is 1. The maximum atomic E-state index is 13.7. The van der Waals surface area contributed by atoms with Crippen molar-refractivity contribution in [2.75, 3.05) is 7.11 Å². The number of ketones is 1. The van der Waals surface area contributed by atoms with Crippen molar-refractivity contribution in [3.05, 3.63) is 63.9 Å². The van der Waals surface area contributed by atoms with E-state index < -0.39 is 5.82 Å². The summed E-state index contributed by atoms with van der Waals surface area (Å²) in [6.45, 7) is 1.92. The molecule has 0 aromatic heterocycles. The first-order valence-corrected chi connectivity index (χ1v) is 6.51. The van der Waals surface area contributed by atoms with Gasteiger partial charge in [-0.2, -0.15) is 0 Å². The van der Waals surface area contributed by atoms with Crippen LogP contribution in [0.5, 0.6) is 5.75 Å². The van der Waals surface area contributed by atoms with E-state index in [1.54, 1.807) is 13.2 Å². The molecule has 0 N–H and O–H groups in total. The van der Waals surface area contributed by atoms with Crippen LogP contribution in [0.2, 0.25) is 5.02 Å². The highest BCUT2D eigenvalue weighted by atomic mass is 35.5. The summed E-state index contributed by atoms with van der Waals surface area (Å²) in [5.41, 5.74) is 1.75. The minimum absolute atomic E-state index is 0.000981. The second-order valence-electron chi connectivity index (χ2n) is 4.54. The molecule has 20 heavy (non-hydrogen) atoms. The maximum absolute atomic E-state index is 13.7. The van der Waals surface area contributed by atoms with Crippen molar-refractivity contribution >= 4 is 17.4 Å². The fraction of sp³-hybridized carbons (Fsp3) is 0.188. The predicted molar refractivity (Wildman–Crippen MR) is 77.2 cm³/mol. The van der Waals surface area contributed by atoms with Crippen molar-refractivity contribution in [1.82, 2.24) is 0 Å². The number of Topliss-reactive ketones (excluding diaryl/α,β-unsaturated/α-hetero) is 1. The predicted octanol–water partition coefficient (Wildman–Crippen LogP) is 4.22. The molecule has 2 aromatic rings. The average Bonchev–Trinajstić information content (AvgIpc) is 2.41. The van der Waals surface area contributed by atoms with Gasteiger partial charge in [0.25, 0.3) is 0 Å². The van der Waals surface area contributed by atoms with E-state index in [-0.39, 0.29) is 17.8 Å². The topological polar surface area (TPSA) is 26.3 Å². The lowest BCUT2D eigenvalue weighted by Gasteiger charge is -2.09. The molecule has 0 spiro atoms. The molecule has 0 saturated carbocycles. The number of benzene rings is 2. The zero-order valence-electron chi connectivity index (χ0n) is 11.2. The molecule has 0 bridgehead atoms. The van der Waals surface area contributed by atoms with E-state index in [0.717, 1.165) is 11.1 Å². The summed E-state index contributed by atoms with van der Waals surface area (Å²) in [6, 6.07) is 9.52. The van der Waals surface area contributed by atoms with Crippen LogP contribution in [0.1, 0.15) is 21.5 Å². The molecule has 2 aromatic carbocycles. The first-order valence-electron chi connectivity index (χ1n) is 6.13. The number of halogens is 2. The number of methoxy groups -OCH3 is 1. The molecule has 0 saturated heterocycles. The number of aryl methyl sites for hydroxylation is 1. The number of ether oxygens (including phenoxy) is 1. The van der Waals surface area contributed by atoms with Gasteiger partial charge in [0.15, 0.2) is 5.78 Å². The normalized spacial score (nSPS) is 10.4. The maximum Gasteiger partial charge on any atom is 0.170 e. The zero-order chi connectivity index (χ0) is 14.7. The Morgan fingerprint density at radius 3 is 2.70 bits per heavy atom. The third-order valence-corrected chi connectivity index (χ3v) is 3.25. The summed E-state index contributed by atoms with van der Waals surface area (Å²) >= 11 is 5.80. The largest absolute Gasteiger partial charge is 0.496 e. The van der Waals surface area contributed by atoms with Crippen molar-refractivity contribution in [2.24, 2.45) is 0 Å². The molecule has 0 aliphatic rings. The van der Waals surface area contributed by atoms with Crippen LogP contribution in [-0.4, -0.2) is 12.9 Å². The van der Waals surface area contributed by atoms with Crippen LogP contribution >= 0.6 is 11.6 Å². The van der Waals surface area contributed by atoms with Gasteiger partial charge >= 0.3 is 0 Å². The van der Waals surface area contributed by atoms with E-state index in [2.05, 4.69) is 0 Å². The van der Waals surface area contributed by atoms with E-state index in [4.69, 9.17) is 16.3 Å². The van der Waals surface area contributed by atoms with E-state index >= 15 is 0 Å². The van der Waals surface area contributed by atoms with Crippen molar-refractivity contribution in [3.63, 3.8) is 0 Å². The van der Waals surface area contributed by atoms with Crippen LogP contribution < -0.4 is 4.74 Å². The number of hydrogen-bond acceptors (Lipinski definition) is 2. The van der Waals surface area contributed by atoms with Gasteiger partial charge in [0.2, 0.25) is 0 Å². The van der Waals surface area contributed by atoms with Crippen LogP contribution in [0.3, 0.4) is 0 Å². The highest BCUT2D eigenvalue weighted by Gasteiger charge is 2.15. The second kappa shape index (κ2) is 6.06. The Morgan fingerprint density at radius 2 is 2.00 bits per heavy atom. The van der Waals surface area contributed by atoms with Crippen LogP contribution in [0, 0.1) is 12.7 Å². The number of hydrogen-bond donors (Lipinski definition) is 0. The third-order valence-electron chi connectivity index (χ3n) is 3.02. The molecule has 0 fully saturated rings. The zero-order valence-corrected chi connectivity index (χ0v) is 12.0. The van der Waals surface area contributed by atoms with Crippen LogP contribution in [0.25, 0.3) is 0 Å². The molecule has 0 unspecified atom stereocenters. The van der Waals surface area contributed by atoms with Gasteiger partial charge in [-0.3, -0.25) is 4.79 Å². The molecule has 0 heterocycles. The average molecular weight is 293 g/mol. The molecule has 0 aliphatic carbocycles. The van der Waals surface area contributed by atoms with Crippen LogP contribution in [0.4, 0.5) is 4.39 Å². The molecule has 2 nitrogen and oxygen atoms in total. The van der Waals surface area contributed by atoms with Gasteiger partial charge in [-0.1, -0.05) is 29.3 Å². The number of rotatable bonds is 4. The summed E-state index contributed by atoms with van der Waals surface area (Å²) in [7, 11) is 1.54. The van der Waals surface area contributed by atoms with Crippen molar-refractivity contribution in [1.29, 1.82) is 0 Å². The van der Waals surface area contributed by atoms with Crippen LogP contribution in [-0.2, 0) is 6.42 Å². The molecule has 104 valence electrons. The highest BCUT2D eigenvalue weighted by molar-refractivity contribution is 6.31. The standard InChI is InChI=1S/C16H14ClFO2/c1-10-3-6-16(20-2)11(7-10)8-15(19)13-9-12(17)4-5-14(13)18/h3-7,9H,8H2,1-2H3. The molecule has 0 aliphatic heterocycles. The summed E-state index contributed by atoms with van der Waals surface area (Å²) in [6.07, 6.45) is 0.0715. The summed E-state index contributed by atoms with van der Waals surface area (Å²) in [5, 5.41) is 0.339. The Bertz CT molecular complexity index is 653. The van der Waals surface area contributed by atoms with Gasteiger partial charge in [-0.15, -0.1) is 0 Å². The van der Waals surface area contributed by atoms with Gasteiger partial charge in [-0.25, -0.2) is 4.39 Å². The lowest BCUT2D eigenvalue weighted by molar-refractivity contribution is 0.0988. The van der Waals surface area contributed by atoms with Gasteiger partial charge < -0.3 is 4.74 Å². The third kappa shape index (κ3) is 3.17. The van der Waals surface area contributed by atoms with Gasteiger partial charge in [0, 0.05) is 17.0 Å². The highest BCUT2D eigenvalue weighted by Crippen LogP contribution is 2.23. The molecular weight excluding hydrogens is 279 g/mol. The summed E-state index contributed by atoms with van der Waals surface area (Å²) in [5.74, 6) is -0.272. The van der Waals surface area contributed by atoms with Gasteiger partial charge in [0.1, 0.15) is 11.6 Å². The van der Waals surface area contributed by atoms with Crippen molar-refractivity contribution in [3.8, 4) is 5.75 Å². The Morgan fingerprint density at radius 1 is 1.25 bits per heavy atom. The van der Waals surface area contributed by atoms with E-state index in [0.29, 0.717) is 10.8 Å². The van der Waals surface area contributed by atoms with Crippen molar-refractivity contribution < 1.29 is 13.9 Å². The molecule has 2 rings (SSSR count). The first kappa shape index (κ1) is 14.5. The SMILES string of the molecule is COc1ccc(C)cc1CC(=O)c1cc(Cl)ccc1F. The smallest absolute Gasteiger partial charge is 0.170 e. The fourth-order valence-electron chi connectivity index (χ4n) is 2.02. The fourth-order valence-corrected chi connectivity index (χ4v) is 2.20. The first-order chi connectivity index (χ1) is 9.51. The molecular formula is C16H14ClFO2. The van der Waals surface area contributed by atoms with Gasteiger partial charge in [-0.05, 0) is 31.2 Å². The molecule has 0 atom stereocenters. The summed E-state index contributed by atoms with van der Waals surface area (Å²) < 4.78 is 18.9. The monoisotopic (exact) mass is 292 g/mol. The number of carbonyl (C=O) groups is 1. The second-order valence-corrected chi connectivity index (χ2v) is 4.98. The minimum atomic E-state index is -0.564. The summed E-state index contributed by atoms with van der Waals surface area (Å²) in [4.78, 5) is 12.2. The molecule has 0 radical (unpaired) electrons. The van der Waals surface area contributed by atoms with Gasteiger partial charge in [0.05, 0.1) is 12.7 Å².